The summed E-state index contributed by atoms with van der Waals surface area (Å²) in [5.41, 5.74) is 0. The van der Waals surface area contributed by atoms with Gasteiger partial charge in [-0.15, -0.1) is 22.9 Å². The van der Waals surface area contributed by atoms with Gasteiger partial charge in [0, 0.05) is 9.75 Å². The first-order valence-corrected chi connectivity index (χ1v) is 6.21. The summed E-state index contributed by atoms with van der Waals surface area (Å²) >= 11 is 8.18. The summed E-state index contributed by atoms with van der Waals surface area (Å²) in [4.78, 5) is 2.72. The van der Waals surface area contributed by atoms with E-state index in [2.05, 4.69) is 19.1 Å². The van der Waals surface area contributed by atoms with Crippen molar-refractivity contribution in [2.45, 2.75) is 38.0 Å². The van der Waals surface area contributed by atoms with Gasteiger partial charge in [-0.25, -0.2) is 0 Å². The monoisotopic (exact) mass is 214 g/mol. The highest BCUT2D eigenvalue weighted by molar-refractivity contribution is 7.12. The molecule has 0 spiro atoms. The average molecular weight is 215 g/mol. The highest BCUT2D eigenvalue weighted by Crippen LogP contribution is 2.39. The van der Waals surface area contributed by atoms with E-state index in [9.17, 15) is 0 Å². The lowest BCUT2D eigenvalue weighted by molar-refractivity contribution is 0.294. The summed E-state index contributed by atoms with van der Waals surface area (Å²) in [5.74, 6) is 0.907. The van der Waals surface area contributed by atoms with E-state index in [4.69, 9.17) is 11.6 Å². The second kappa shape index (κ2) is 4.02. The Bertz CT molecular complexity index is 275. The van der Waals surface area contributed by atoms with Crippen LogP contribution >= 0.6 is 22.9 Å². The number of hydrogen-bond donors (Lipinski definition) is 0. The van der Waals surface area contributed by atoms with Crippen LogP contribution in [0.2, 0.25) is 0 Å². The molecule has 1 atom stereocenters. The predicted molar refractivity (Wildman–Crippen MR) is 59.6 cm³/mol. The summed E-state index contributed by atoms with van der Waals surface area (Å²) in [6.45, 7) is 2.14. The molecule has 1 aromatic heterocycles. The van der Waals surface area contributed by atoms with E-state index < -0.39 is 0 Å². The maximum atomic E-state index is 6.34. The SMILES string of the molecule is Cc1ccc(C(Cl)CC2CCC2)s1. The Morgan fingerprint density at radius 3 is 2.77 bits per heavy atom. The molecule has 1 aliphatic rings. The molecule has 13 heavy (non-hydrogen) atoms. The van der Waals surface area contributed by atoms with Crippen LogP contribution in [-0.2, 0) is 0 Å². The fraction of sp³-hybridized carbons (Fsp3) is 0.636. The molecule has 1 fully saturated rings. The lowest BCUT2D eigenvalue weighted by Gasteiger charge is -2.26. The van der Waals surface area contributed by atoms with Gasteiger partial charge < -0.3 is 0 Å². The molecule has 0 N–H and O–H groups in total. The second-order valence-corrected chi connectivity index (χ2v) is 5.79. The minimum absolute atomic E-state index is 0.268. The Hall–Kier alpha value is -0.0100. The zero-order valence-electron chi connectivity index (χ0n) is 7.92. The van der Waals surface area contributed by atoms with Crippen molar-refractivity contribution >= 4 is 22.9 Å². The number of alkyl halides is 1. The van der Waals surface area contributed by atoms with Gasteiger partial charge in [0.2, 0.25) is 0 Å². The molecule has 1 aliphatic carbocycles. The van der Waals surface area contributed by atoms with Gasteiger partial charge in [0.15, 0.2) is 0 Å². The lowest BCUT2D eigenvalue weighted by atomic mass is 9.82. The number of hydrogen-bond acceptors (Lipinski definition) is 1. The Morgan fingerprint density at radius 2 is 2.31 bits per heavy atom. The molecule has 0 bridgehead atoms. The zero-order valence-corrected chi connectivity index (χ0v) is 9.50. The minimum Gasteiger partial charge on any atom is -0.144 e. The van der Waals surface area contributed by atoms with Gasteiger partial charge in [-0.2, -0.15) is 0 Å². The van der Waals surface area contributed by atoms with Crippen molar-refractivity contribution in [3.05, 3.63) is 21.9 Å². The summed E-state index contributed by atoms with van der Waals surface area (Å²) in [6.07, 6.45) is 5.39. The third kappa shape index (κ3) is 2.26. The number of thiophene rings is 1. The highest BCUT2D eigenvalue weighted by Gasteiger charge is 2.22. The first-order chi connectivity index (χ1) is 6.25. The number of aryl methyl sites for hydroxylation is 1. The summed E-state index contributed by atoms with van der Waals surface area (Å²) < 4.78 is 0. The van der Waals surface area contributed by atoms with Gasteiger partial charge in [0.05, 0.1) is 5.38 Å². The molecule has 0 aliphatic heterocycles. The van der Waals surface area contributed by atoms with Crippen molar-refractivity contribution in [1.29, 1.82) is 0 Å². The fourth-order valence-electron chi connectivity index (χ4n) is 1.76. The van der Waals surface area contributed by atoms with Crippen LogP contribution in [0, 0.1) is 12.8 Å². The number of rotatable bonds is 3. The van der Waals surface area contributed by atoms with Crippen molar-refractivity contribution < 1.29 is 0 Å². The van der Waals surface area contributed by atoms with Crippen molar-refractivity contribution in [1.82, 2.24) is 0 Å². The molecule has 0 saturated heterocycles. The van der Waals surface area contributed by atoms with Crippen LogP contribution < -0.4 is 0 Å². The van der Waals surface area contributed by atoms with Gasteiger partial charge in [0.1, 0.15) is 0 Å². The maximum Gasteiger partial charge on any atom is 0.0681 e. The van der Waals surface area contributed by atoms with Crippen LogP contribution in [0.1, 0.15) is 40.8 Å². The van der Waals surface area contributed by atoms with E-state index in [1.54, 1.807) is 0 Å². The first kappa shape index (κ1) is 9.54. The average Bonchev–Trinajstić information content (AvgIpc) is 2.44. The van der Waals surface area contributed by atoms with Crippen LogP contribution in [-0.4, -0.2) is 0 Å². The molecule has 0 radical (unpaired) electrons. The fourth-order valence-corrected chi connectivity index (χ4v) is 3.09. The molecule has 1 heterocycles. The van der Waals surface area contributed by atoms with Crippen molar-refractivity contribution in [2.24, 2.45) is 5.92 Å². The molecule has 1 aromatic rings. The Labute approximate surface area is 88.9 Å². The van der Waals surface area contributed by atoms with Crippen LogP contribution in [0.25, 0.3) is 0 Å². The molecule has 1 saturated carbocycles. The molecule has 2 rings (SSSR count). The van der Waals surface area contributed by atoms with Gasteiger partial charge in [-0.05, 0) is 31.4 Å². The van der Waals surface area contributed by atoms with E-state index >= 15 is 0 Å². The van der Waals surface area contributed by atoms with Crippen LogP contribution in [0.15, 0.2) is 12.1 Å². The molecular weight excluding hydrogens is 200 g/mol. The summed E-state index contributed by atoms with van der Waals surface area (Å²) in [5, 5.41) is 0.268. The van der Waals surface area contributed by atoms with Crippen LogP contribution in [0.5, 0.6) is 0 Å². The lowest BCUT2D eigenvalue weighted by Crippen LogP contribution is -2.12. The smallest absolute Gasteiger partial charge is 0.0681 e. The molecule has 0 amide bonds. The largest absolute Gasteiger partial charge is 0.144 e. The Kier molecular flexibility index (Phi) is 2.95. The van der Waals surface area contributed by atoms with Gasteiger partial charge in [-0.3, -0.25) is 0 Å². The minimum atomic E-state index is 0.268. The molecule has 0 aromatic carbocycles. The predicted octanol–water partition coefficient (Wildman–Crippen LogP) is 4.53. The molecular formula is C11H15ClS. The Morgan fingerprint density at radius 1 is 1.54 bits per heavy atom. The van der Waals surface area contributed by atoms with E-state index in [0.717, 1.165) is 5.92 Å². The summed E-state index contributed by atoms with van der Waals surface area (Å²) in [7, 11) is 0. The van der Waals surface area contributed by atoms with Gasteiger partial charge >= 0.3 is 0 Å². The van der Waals surface area contributed by atoms with Crippen LogP contribution in [0.3, 0.4) is 0 Å². The van der Waals surface area contributed by atoms with Gasteiger partial charge in [0.25, 0.3) is 0 Å². The van der Waals surface area contributed by atoms with Crippen molar-refractivity contribution in [2.75, 3.05) is 0 Å². The first-order valence-electron chi connectivity index (χ1n) is 4.96. The zero-order chi connectivity index (χ0) is 9.26. The molecule has 0 nitrogen and oxygen atoms in total. The number of halogens is 1. The quantitative estimate of drug-likeness (QED) is 0.649. The Balaban J connectivity index is 1.92. The maximum absolute atomic E-state index is 6.34. The highest BCUT2D eigenvalue weighted by atomic mass is 35.5. The van der Waals surface area contributed by atoms with E-state index in [1.165, 1.54) is 35.4 Å². The van der Waals surface area contributed by atoms with Crippen molar-refractivity contribution in [3.63, 3.8) is 0 Å². The standard InChI is InChI=1S/C11H15ClS/c1-8-5-6-11(13-8)10(12)7-9-3-2-4-9/h5-6,9-10H,2-4,7H2,1H3. The van der Waals surface area contributed by atoms with E-state index in [-0.39, 0.29) is 5.38 Å². The van der Waals surface area contributed by atoms with Crippen molar-refractivity contribution in [3.8, 4) is 0 Å². The molecule has 1 unspecified atom stereocenters. The second-order valence-electron chi connectivity index (χ2n) is 3.95. The molecule has 72 valence electrons. The normalized spacial score (nSPS) is 19.8. The third-order valence-electron chi connectivity index (χ3n) is 2.83. The topological polar surface area (TPSA) is 0 Å². The van der Waals surface area contributed by atoms with Gasteiger partial charge in [-0.1, -0.05) is 19.3 Å². The van der Waals surface area contributed by atoms with Crippen LogP contribution in [0.4, 0.5) is 0 Å². The summed E-state index contributed by atoms with van der Waals surface area (Å²) in [6, 6.07) is 4.34. The van der Waals surface area contributed by atoms with E-state index in [1.807, 2.05) is 11.3 Å². The third-order valence-corrected chi connectivity index (χ3v) is 4.49. The van der Waals surface area contributed by atoms with E-state index in [0.29, 0.717) is 0 Å². The molecule has 2 heteroatoms.